The van der Waals surface area contributed by atoms with Crippen molar-refractivity contribution >= 4 is 15.9 Å². The highest BCUT2D eigenvalue weighted by Gasteiger charge is 2.42. The van der Waals surface area contributed by atoms with E-state index >= 15 is 0 Å². The van der Waals surface area contributed by atoms with Gasteiger partial charge >= 0.3 is 0 Å². The molecule has 3 heteroatoms. The molecular formula is C11H11BrF2. The van der Waals surface area contributed by atoms with E-state index in [0.717, 1.165) is 18.2 Å². The molecule has 1 aliphatic rings. The highest BCUT2D eigenvalue weighted by atomic mass is 79.9. The van der Waals surface area contributed by atoms with Gasteiger partial charge in [0.25, 0.3) is 0 Å². The fourth-order valence-electron chi connectivity index (χ4n) is 1.61. The maximum atomic E-state index is 13.3. The van der Waals surface area contributed by atoms with Crippen molar-refractivity contribution in [2.75, 3.05) is 5.33 Å². The van der Waals surface area contributed by atoms with Gasteiger partial charge in [0.15, 0.2) is 0 Å². The van der Waals surface area contributed by atoms with Crippen LogP contribution in [0.2, 0.25) is 0 Å². The Morgan fingerprint density at radius 3 is 2.21 bits per heavy atom. The number of benzene rings is 1. The van der Waals surface area contributed by atoms with Gasteiger partial charge in [-0.15, -0.1) is 0 Å². The summed E-state index contributed by atoms with van der Waals surface area (Å²) in [5, 5.41) is 0.827. The summed E-state index contributed by atoms with van der Waals surface area (Å²) in [6.07, 6.45) is 2.63. The Kier molecular flexibility index (Phi) is 2.60. The standard InChI is InChI=1S/C11H11BrF2/c12-7-11(4-5-11)6-8-9(13)2-1-3-10(8)14/h1-3H,4-7H2. The van der Waals surface area contributed by atoms with Crippen molar-refractivity contribution in [2.24, 2.45) is 5.41 Å². The fraction of sp³-hybridized carbons (Fsp3) is 0.455. The SMILES string of the molecule is Fc1cccc(F)c1CC1(CBr)CC1. The van der Waals surface area contributed by atoms with Crippen LogP contribution in [0.1, 0.15) is 18.4 Å². The van der Waals surface area contributed by atoms with E-state index < -0.39 is 11.6 Å². The third-order valence-electron chi connectivity index (χ3n) is 2.85. The maximum Gasteiger partial charge on any atom is 0.129 e. The summed E-state index contributed by atoms with van der Waals surface area (Å²) in [7, 11) is 0. The summed E-state index contributed by atoms with van der Waals surface area (Å²) in [6, 6.07) is 4.05. The van der Waals surface area contributed by atoms with Crippen molar-refractivity contribution in [1.29, 1.82) is 0 Å². The van der Waals surface area contributed by atoms with Crippen molar-refractivity contribution < 1.29 is 8.78 Å². The third kappa shape index (κ3) is 1.83. The first-order valence-electron chi connectivity index (χ1n) is 4.66. The summed E-state index contributed by atoms with van der Waals surface area (Å²) in [6.45, 7) is 0. The number of alkyl halides is 1. The Morgan fingerprint density at radius 2 is 1.79 bits per heavy atom. The minimum absolute atomic E-state index is 0.114. The normalized spacial score (nSPS) is 18.2. The largest absolute Gasteiger partial charge is 0.207 e. The van der Waals surface area contributed by atoms with Crippen molar-refractivity contribution in [1.82, 2.24) is 0 Å². The quantitative estimate of drug-likeness (QED) is 0.728. The van der Waals surface area contributed by atoms with Gasteiger partial charge in [-0.3, -0.25) is 0 Å². The summed E-state index contributed by atoms with van der Waals surface area (Å²) < 4.78 is 26.6. The molecule has 0 atom stereocenters. The molecule has 0 aromatic heterocycles. The molecule has 0 bridgehead atoms. The highest BCUT2D eigenvalue weighted by molar-refractivity contribution is 9.09. The van der Waals surface area contributed by atoms with Crippen molar-refractivity contribution in [3.63, 3.8) is 0 Å². The van der Waals surface area contributed by atoms with Gasteiger partial charge in [-0.25, -0.2) is 8.78 Å². The maximum absolute atomic E-state index is 13.3. The molecule has 0 radical (unpaired) electrons. The zero-order valence-corrected chi connectivity index (χ0v) is 9.28. The second-order valence-electron chi connectivity index (χ2n) is 4.01. The van der Waals surface area contributed by atoms with Gasteiger partial charge in [0.1, 0.15) is 11.6 Å². The molecule has 0 N–H and O–H groups in total. The summed E-state index contributed by atoms with van der Waals surface area (Å²) in [5.74, 6) is -0.838. The van der Waals surface area contributed by atoms with Crippen LogP contribution >= 0.6 is 15.9 Å². The van der Waals surface area contributed by atoms with Gasteiger partial charge in [-0.2, -0.15) is 0 Å². The van der Waals surface area contributed by atoms with Crippen LogP contribution in [0.4, 0.5) is 8.78 Å². The van der Waals surface area contributed by atoms with Crippen LogP contribution in [-0.2, 0) is 6.42 Å². The molecule has 1 aromatic carbocycles. The lowest BCUT2D eigenvalue weighted by atomic mass is 9.98. The van der Waals surface area contributed by atoms with Gasteiger partial charge in [0.05, 0.1) is 0 Å². The minimum atomic E-state index is -0.419. The Labute approximate surface area is 90.4 Å². The molecular weight excluding hydrogens is 250 g/mol. The van der Waals surface area contributed by atoms with E-state index in [0.29, 0.717) is 6.42 Å². The van der Waals surface area contributed by atoms with Crippen molar-refractivity contribution in [2.45, 2.75) is 19.3 Å². The lowest BCUT2D eigenvalue weighted by Crippen LogP contribution is -2.09. The Morgan fingerprint density at radius 1 is 1.21 bits per heavy atom. The first-order valence-corrected chi connectivity index (χ1v) is 5.78. The predicted molar refractivity (Wildman–Crippen MR) is 55.5 cm³/mol. The van der Waals surface area contributed by atoms with Crippen LogP contribution in [0.25, 0.3) is 0 Å². The molecule has 1 aliphatic carbocycles. The Balaban J connectivity index is 2.24. The van der Waals surface area contributed by atoms with E-state index in [-0.39, 0.29) is 11.0 Å². The molecule has 0 amide bonds. The van der Waals surface area contributed by atoms with Gasteiger partial charge in [-0.1, -0.05) is 22.0 Å². The summed E-state index contributed by atoms with van der Waals surface area (Å²) in [4.78, 5) is 0. The first kappa shape index (κ1) is 10.1. The Bertz CT molecular complexity index is 325. The smallest absolute Gasteiger partial charge is 0.129 e. The molecule has 76 valence electrons. The van der Waals surface area contributed by atoms with Gasteiger partial charge in [0, 0.05) is 10.9 Å². The Hall–Kier alpha value is -0.440. The predicted octanol–water partition coefficient (Wildman–Crippen LogP) is 3.68. The second-order valence-corrected chi connectivity index (χ2v) is 4.57. The number of rotatable bonds is 3. The molecule has 0 saturated heterocycles. The highest BCUT2D eigenvalue weighted by Crippen LogP contribution is 2.50. The van der Waals surface area contributed by atoms with E-state index in [9.17, 15) is 8.78 Å². The summed E-state index contributed by atoms with van der Waals surface area (Å²) in [5.41, 5.74) is 0.354. The zero-order chi connectivity index (χ0) is 10.2. The van der Waals surface area contributed by atoms with Crippen LogP contribution in [0, 0.1) is 17.0 Å². The van der Waals surface area contributed by atoms with Gasteiger partial charge in [-0.05, 0) is 36.8 Å². The van der Waals surface area contributed by atoms with E-state index in [4.69, 9.17) is 0 Å². The molecule has 1 aromatic rings. The van der Waals surface area contributed by atoms with Crippen molar-refractivity contribution in [3.8, 4) is 0 Å². The molecule has 2 rings (SSSR count). The number of hydrogen-bond donors (Lipinski definition) is 0. The fourth-order valence-corrected chi connectivity index (χ4v) is 2.37. The third-order valence-corrected chi connectivity index (χ3v) is 4.04. The topological polar surface area (TPSA) is 0 Å². The molecule has 14 heavy (non-hydrogen) atoms. The first-order chi connectivity index (χ1) is 6.67. The lowest BCUT2D eigenvalue weighted by Gasteiger charge is -2.12. The molecule has 0 heterocycles. The zero-order valence-electron chi connectivity index (χ0n) is 7.69. The average molecular weight is 261 g/mol. The lowest BCUT2D eigenvalue weighted by molar-refractivity contribution is 0.504. The molecule has 0 aliphatic heterocycles. The van der Waals surface area contributed by atoms with Crippen LogP contribution in [0.3, 0.4) is 0 Å². The molecule has 1 fully saturated rings. The second kappa shape index (κ2) is 3.61. The number of halogens is 3. The van der Waals surface area contributed by atoms with Crippen molar-refractivity contribution in [3.05, 3.63) is 35.4 Å². The molecule has 0 spiro atoms. The molecule has 0 nitrogen and oxygen atoms in total. The van der Waals surface area contributed by atoms with E-state index in [1.54, 1.807) is 0 Å². The molecule has 0 unspecified atom stereocenters. The van der Waals surface area contributed by atoms with E-state index in [1.807, 2.05) is 0 Å². The van der Waals surface area contributed by atoms with Crippen LogP contribution in [0.5, 0.6) is 0 Å². The van der Waals surface area contributed by atoms with E-state index in [2.05, 4.69) is 15.9 Å². The van der Waals surface area contributed by atoms with E-state index in [1.165, 1.54) is 18.2 Å². The minimum Gasteiger partial charge on any atom is -0.207 e. The summed E-state index contributed by atoms with van der Waals surface area (Å²) >= 11 is 3.40. The average Bonchev–Trinajstić information content (AvgIpc) is 2.93. The van der Waals surface area contributed by atoms with Crippen LogP contribution < -0.4 is 0 Å². The number of hydrogen-bond acceptors (Lipinski definition) is 0. The molecule has 1 saturated carbocycles. The van der Waals surface area contributed by atoms with Crippen LogP contribution in [0.15, 0.2) is 18.2 Å². The van der Waals surface area contributed by atoms with Gasteiger partial charge in [0.2, 0.25) is 0 Å². The van der Waals surface area contributed by atoms with Crippen LogP contribution in [-0.4, -0.2) is 5.33 Å². The monoisotopic (exact) mass is 260 g/mol. The van der Waals surface area contributed by atoms with Gasteiger partial charge < -0.3 is 0 Å².